The van der Waals surface area contributed by atoms with Gasteiger partial charge >= 0.3 is 0 Å². The molecule has 0 bridgehead atoms. The Morgan fingerprint density at radius 3 is 2.89 bits per heavy atom. The van der Waals surface area contributed by atoms with Crippen molar-refractivity contribution in [1.82, 2.24) is 39.6 Å². The molecule has 0 spiro atoms. The Kier molecular flexibility index (Phi) is 5.74. The third-order valence-electron chi connectivity index (χ3n) is 4.00. The molecule has 0 fully saturated rings. The minimum absolute atomic E-state index is 0.0113. The Morgan fingerprint density at radius 2 is 2.19 bits per heavy atom. The van der Waals surface area contributed by atoms with Crippen LogP contribution < -0.4 is 10.9 Å². The molecule has 10 heteroatoms. The Labute approximate surface area is 155 Å². The molecule has 0 aliphatic carbocycles. The van der Waals surface area contributed by atoms with Gasteiger partial charge in [0.25, 0.3) is 11.5 Å². The lowest BCUT2D eigenvalue weighted by atomic mass is 10.2. The number of H-pyrrole nitrogens is 1. The maximum Gasteiger partial charge on any atom is 0.263 e. The van der Waals surface area contributed by atoms with E-state index >= 15 is 0 Å². The van der Waals surface area contributed by atoms with Crippen molar-refractivity contribution in [3.63, 3.8) is 0 Å². The summed E-state index contributed by atoms with van der Waals surface area (Å²) < 4.78 is 3.60. The molecule has 0 aromatic carbocycles. The number of amides is 1. The molecular formula is C17H22N8O2. The standard InChI is InChI=1S/C17H22N8O2/c1-12(2)15-19-5-7-24(15)6-3-4-20-16(26)13-8-21-14(23-17(13)27)9-25-11-18-10-22-25/h5,7-8,10-12H,3-4,6,9H2,1-2H3,(H,20,26)(H,21,23,27). The molecule has 10 nitrogen and oxygen atoms in total. The first-order valence-electron chi connectivity index (χ1n) is 8.74. The summed E-state index contributed by atoms with van der Waals surface area (Å²) in [6, 6.07) is 0. The summed E-state index contributed by atoms with van der Waals surface area (Å²) in [7, 11) is 0. The van der Waals surface area contributed by atoms with Gasteiger partial charge in [-0.1, -0.05) is 13.8 Å². The molecule has 0 atom stereocenters. The van der Waals surface area contributed by atoms with Gasteiger partial charge in [-0.2, -0.15) is 5.10 Å². The van der Waals surface area contributed by atoms with Gasteiger partial charge in [-0.15, -0.1) is 0 Å². The number of hydrogen-bond acceptors (Lipinski definition) is 6. The average molecular weight is 370 g/mol. The fourth-order valence-electron chi connectivity index (χ4n) is 2.70. The number of aryl methyl sites for hydroxylation is 1. The first kappa shape index (κ1) is 18.5. The van der Waals surface area contributed by atoms with Gasteiger partial charge in [-0.3, -0.25) is 9.59 Å². The highest BCUT2D eigenvalue weighted by Gasteiger charge is 2.12. The number of carbonyl (C=O) groups excluding carboxylic acids is 1. The van der Waals surface area contributed by atoms with Gasteiger partial charge in [0.05, 0.1) is 0 Å². The van der Waals surface area contributed by atoms with Crippen LogP contribution in [0.4, 0.5) is 0 Å². The zero-order chi connectivity index (χ0) is 19.2. The van der Waals surface area contributed by atoms with Crippen LogP contribution in [0, 0.1) is 0 Å². The van der Waals surface area contributed by atoms with Gasteiger partial charge in [0.2, 0.25) is 0 Å². The number of imidazole rings is 1. The van der Waals surface area contributed by atoms with E-state index in [0.29, 0.717) is 18.3 Å². The van der Waals surface area contributed by atoms with Crippen molar-refractivity contribution in [3.8, 4) is 0 Å². The molecule has 0 saturated carbocycles. The number of nitrogens with one attached hydrogen (secondary N) is 2. The summed E-state index contributed by atoms with van der Waals surface area (Å²) in [6.07, 6.45) is 8.64. The SMILES string of the molecule is CC(C)c1nccn1CCCNC(=O)c1cnc(Cn2cncn2)[nH]c1=O. The third-order valence-corrected chi connectivity index (χ3v) is 4.00. The van der Waals surface area contributed by atoms with E-state index in [-0.39, 0.29) is 12.1 Å². The van der Waals surface area contributed by atoms with E-state index in [2.05, 4.69) is 48.8 Å². The van der Waals surface area contributed by atoms with Gasteiger partial charge in [-0.25, -0.2) is 19.6 Å². The third kappa shape index (κ3) is 4.66. The molecule has 1 amide bonds. The first-order chi connectivity index (χ1) is 13.0. The van der Waals surface area contributed by atoms with Crippen molar-refractivity contribution >= 4 is 5.91 Å². The monoisotopic (exact) mass is 370 g/mol. The summed E-state index contributed by atoms with van der Waals surface area (Å²) >= 11 is 0. The summed E-state index contributed by atoms with van der Waals surface area (Å²) in [6.45, 7) is 5.66. The molecule has 0 unspecified atom stereocenters. The highest BCUT2D eigenvalue weighted by Crippen LogP contribution is 2.11. The predicted octanol–water partition coefficient (Wildman–Crippen LogP) is 0.550. The predicted molar refractivity (Wildman–Crippen MR) is 97.2 cm³/mol. The fraction of sp³-hybridized carbons (Fsp3) is 0.412. The lowest BCUT2D eigenvalue weighted by molar-refractivity contribution is 0.0950. The lowest BCUT2D eigenvalue weighted by Crippen LogP contribution is -2.31. The Hall–Kier alpha value is -3.30. The van der Waals surface area contributed by atoms with E-state index in [1.165, 1.54) is 23.5 Å². The summed E-state index contributed by atoms with van der Waals surface area (Å²) in [5.41, 5.74) is -0.489. The molecular weight excluding hydrogens is 348 g/mol. The van der Waals surface area contributed by atoms with Crippen LogP contribution in [0.5, 0.6) is 0 Å². The lowest BCUT2D eigenvalue weighted by Gasteiger charge is -2.10. The molecule has 2 N–H and O–H groups in total. The van der Waals surface area contributed by atoms with Gasteiger partial charge in [-0.05, 0) is 6.42 Å². The zero-order valence-corrected chi connectivity index (χ0v) is 15.3. The number of carbonyl (C=O) groups is 1. The van der Waals surface area contributed by atoms with Crippen molar-refractivity contribution in [2.45, 2.75) is 39.3 Å². The van der Waals surface area contributed by atoms with E-state index in [1.54, 1.807) is 6.20 Å². The van der Waals surface area contributed by atoms with Crippen LogP contribution in [-0.2, 0) is 13.1 Å². The van der Waals surface area contributed by atoms with Crippen LogP contribution >= 0.6 is 0 Å². The molecule has 142 valence electrons. The second-order valence-electron chi connectivity index (χ2n) is 6.41. The van der Waals surface area contributed by atoms with Gasteiger partial charge in [0.15, 0.2) is 0 Å². The van der Waals surface area contributed by atoms with E-state index in [4.69, 9.17) is 0 Å². The molecule has 0 aliphatic rings. The number of aromatic nitrogens is 7. The van der Waals surface area contributed by atoms with Crippen molar-refractivity contribution in [1.29, 1.82) is 0 Å². The van der Waals surface area contributed by atoms with Crippen molar-refractivity contribution in [2.24, 2.45) is 0 Å². The largest absolute Gasteiger partial charge is 0.352 e. The number of nitrogens with zero attached hydrogens (tertiary/aromatic N) is 6. The van der Waals surface area contributed by atoms with Gasteiger partial charge in [0, 0.05) is 37.6 Å². The number of rotatable bonds is 8. The summed E-state index contributed by atoms with van der Waals surface area (Å²) in [4.78, 5) is 39.2. The molecule has 0 radical (unpaired) electrons. The minimum Gasteiger partial charge on any atom is -0.352 e. The summed E-state index contributed by atoms with van der Waals surface area (Å²) in [5.74, 6) is 1.33. The van der Waals surface area contributed by atoms with E-state index in [0.717, 1.165) is 18.8 Å². The maximum absolute atomic E-state index is 12.2. The quantitative estimate of drug-likeness (QED) is 0.558. The Bertz CT molecular complexity index is 942. The second kappa shape index (κ2) is 8.39. The van der Waals surface area contributed by atoms with Crippen molar-refractivity contribution in [3.05, 3.63) is 58.8 Å². The Balaban J connectivity index is 1.52. The van der Waals surface area contributed by atoms with E-state index in [9.17, 15) is 9.59 Å². The van der Waals surface area contributed by atoms with E-state index < -0.39 is 11.5 Å². The molecule has 0 aliphatic heterocycles. The zero-order valence-electron chi connectivity index (χ0n) is 15.3. The molecule has 3 aromatic heterocycles. The fourth-order valence-corrected chi connectivity index (χ4v) is 2.70. The first-order valence-corrected chi connectivity index (χ1v) is 8.74. The molecule has 3 rings (SSSR count). The summed E-state index contributed by atoms with van der Waals surface area (Å²) in [5, 5.41) is 6.70. The van der Waals surface area contributed by atoms with E-state index in [1.807, 2.05) is 6.20 Å². The highest BCUT2D eigenvalue weighted by atomic mass is 16.2. The van der Waals surface area contributed by atoms with Gasteiger partial charge in [0.1, 0.15) is 36.4 Å². The van der Waals surface area contributed by atoms with Crippen LogP contribution in [0.1, 0.15) is 48.2 Å². The normalized spacial score (nSPS) is 11.1. The number of aromatic amines is 1. The van der Waals surface area contributed by atoms with Crippen LogP contribution in [-0.4, -0.2) is 46.7 Å². The molecule has 3 heterocycles. The second-order valence-corrected chi connectivity index (χ2v) is 6.41. The number of hydrogen-bond donors (Lipinski definition) is 2. The Morgan fingerprint density at radius 1 is 1.33 bits per heavy atom. The van der Waals surface area contributed by atoms with Crippen LogP contribution in [0.25, 0.3) is 0 Å². The van der Waals surface area contributed by atoms with Crippen LogP contribution in [0.15, 0.2) is 36.0 Å². The topological polar surface area (TPSA) is 123 Å². The van der Waals surface area contributed by atoms with Crippen LogP contribution in [0.2, 0.25) is 0 Å². The van der Waals surface area contributed by atoms with Gasteiger partial charge < -0.3 is 14.9 Å². The molecule has 3 aromatic rings. The molecule has 27 heavy (non-hydrogen) atoms. The minimum atomic E-state index is -0.477. The van der Waals surface area contributed by atoms with Crippen molar-refractivity contribution < 1.29 is 4.79 Å². The smallest absolute Gasteiger partial charge is 0.263 e. The molecule has 0 saturated heterocycles. The van der Waals surface area contributed by atoms with Crippen molar-refractivity contribution in [2.75, 3.05) is 6.54 Å². The average Bonchev–Trinajstić information content (AvgIpc) is 3.30. The highest BCUT2D eigenvalue weighted by molar-refractivity contribution is 5.93. The van der Waals surface area contributed by atoms with Crippen LogP contribution in [0.3, 0.4) is 0 Å². The maximum atomic E-state index is 12.2.